The number of aromatic nitrogens is 2. The van der Waals surface area contributed by atoms with Crippen LogP contribution in [0.25, 0.3) is 10.9 Å². The largest absolute Gasteiger partial charge is 0.369 e. The molecule has 1 saturated heterocycles. The fraction of sp³-hybridized carbons (Fsp3) is 0.222. The average Bonchev–Trinajstić information content (AvgIpc) is 2.88. The highest BCUT2D eigenvalue weighted by Gasteiger charge is 2.17. The molecule has 1 aromatic heterocycles. The molecule has 1 amide bonds. The summed E-state index contributed by atoms with van der Waals surface area (Å²) in [6.07, 6.45) is 1.25. The van der Waals surface area contributed by atoms with E-state index >= 15 is 0 Å². The summed E-state index contributed by atoms with van der Waals surface area (Å²) in [6, 6.07) is 25.7. The maximum Gasteiger partial charge on any atom is 0.246 e. The fourth-order valence-electron chi connectivity index (χ4n) is 4.38. The number of nitrogens with one attached hydrogen (secondary N) is 1. The van der Waals surface area contributed by atoms with E-state index in [1.165, 1.54) is 11.8 Å². The van der Waals surface area contributed by atoms with Crippen molar-refractivity contribution in [2.45, 2.75) is 13.1 Å². The van der Waals surface area contributed by atoms with Crippen LogP contribution in [0.5, 0.6) is 0 Å². The third kappa shape index (κ3) is 5.00. The van der Waals surface area contributed by atoms with Crippen molar-refractivity contribution in [1.29, 1.82) is 0 Å². The summed E-state index contributed by atoms with van der Waals surface area (Å²) in [5, 5.41) is 7.61. The Bertz CT molecular complexity index is 1330. The van der Waals surface area contributed by atoms with Crippen LogP contribution in [-0.4, -0.2) is 46.8 Å². The van der Waals surface area contributed by atoms with Crippen LogP contribution >= 0.6 is 0 Å². The van der Waals surface area contributed by atoms with Crippen LogP contribution in [0.4, 0.5) is 11.4 Å². The minimum atomic E-state index is -0.191. The Morgan fingerprint density at radius 3 is 2.32 bits per heavy atom. The number of hydrogen-bond donors (Lipinski definition) is 1. The van der Waals surface area contributed by atoms with Gasteiger partial charge in [0.05, 0.1) is 11.7 Å². The van der Waals surface area contributed by atoms with Crippen molar-refractivity contribution < 1.29 is 4.79 Å². The van der Waals surface area contributed by atoms with Gasteiger partial charge in [-0.1, -0.05) is 42.5 Å². The van der Waals surface area contributed by atoms with Crippen LogP contribution in [0.15, 0.2) is 89.9 Å². The van der Waals surface area contributed by atoms with Gasteiger partial charge < -0.3 is 10.2 Å². The molecule has 1 fully saturated rings. The third-order valence-electron chi connectivity index (χ3n) is 6.19. The van der Waals surface area contributed by atoms with Gasteiger partial charge >= 0.3 is 0 Å². The molecule has 5 rings (SSSR count). The molecule has 34 heavy (non-hydrogen) atoms. The standard InChI is InChI=1S/C27H27N5O2/c33-26-18-28-32(25-9-5-4-8-24(25)26)20-27(34)29-22-10-12-23(13-11-22)31-16-14-30(15-17-31)19-21-6-2-1-3-7-21/h1-13,18H,14-17,19-20H2,(H,29,34). The van der Waals surface area contributed by atoms with Gasteiger partial charge in [-0.2, -0.15) is 5.10 Å². The van der Waals surface area contributed by atoms with Crippen LogP contribution in [0.2, 0.25) is 0 Å². The van der Waals surface area contributed by atoms with Gasteiger partial charge in [-0.25, -0.2) is 0 Å². The molecule has 0 bridgehead atoms. The monoisotopic (exact) mass is 453 g/mol. The summed E-state index contributed by atoms with van der Waals surface area (Å²) >= 11 is 0. The van der Waals surface area contributed by atoms with Gasteiger partial charge in [0.15, 0.2) is 0 Å². The number of nitrogens with zero attached hydrogens (tertiary/aromatic N) is 4. The van der Waals surface area contributed by atoms with Crippen LogP contribution < -0.4 is 15.6 Å². The Labute approximate surface area is 198 Å². The number of hydrogen-bond acceptors (Lipinski definition) is 5. The number of carbonyl (C=O) groups is 1. The minimum Gasteiger partial charge on any atom is -0.369 e. The summed E-state index contributed by atoms with van der Waals surface area (Å²) < 4.78 is 1.55. The SMILES string of the molecule is O=C(Cn1ncc(=O)c2ccccc21)Nc1ccc(N2CCN(Cc3ccccc3)CC2)cc1. The molecule has 172 valence electrons. The maximum atomic E-state index is 12.6. The summed E-state index contributed by atoms with van der Waals surface area (Å²) in [5.74, 6) is -0.191. The second-order valence-electron chi connectivity index (χ2n) is 8.53. The molecule has 0 radical (unpaired) electrons. The molecule has 0 unspecified atom stereocenters. The van der Waals surface area contributed by atoms with Crippen LogP contribution in [0.1, 0.15) is 5.56 Å². The van der Waals surface area contributed by atoms with E-state index in [2.05, 4.69) is 62.7 Å². The first-order valence-electron chi connectivity index (χ1n) is 11.5. The summed E-state index contributed by atoms with van der Waals surface area (Å²) in [7, 11) is 0. The third-order valence-corrected chi connectivity index (χ3v) is 6.19. The van der Waals surface area contributed by atoms with E-state index in [4.69, 9.17) is 0 Å². The summed E-state index contributed by atoms with van der Waals surface area (Å²) in [5.41, 5.74) is 3.74. The zero-order valence-corrected chi connectivity index (χ0v) is 18.9. The fourth-order valence-corrected chi connectivity index (χ4v) is 4.38. The highest BCUT2D eigenvalue weighted by atomic mass is 16.2. The molecule has 3 aromatic carbocycles. The Balaban J connectivity index is 1.16. The molecule has 1 N–H and O–H groups in total. The number of amides is 1. The van der Waals surface area contributed by atoms with E-state index in [1.807, 2.05) is 18.2 Å². The molecule has 0 atom stereocenters. The Kier molecular flexibility index (Phi) is 6.35. The van der Waals surface area contributed by atoms with E-state index in [0.717, 1.165) is 44.1 Å². The summed E-state index contributed by atoms with van der Waals surface area (Å²) in [6.45, 7) is 5.01. The van der Waals surface area contributed by atoms with Gasteiger partial charge in [0.25, 0.3) is 0 Å². The lowest BCUT2D eigenvalue weighted by Crippen LogP contribution is -2.45. The predicted octanol–water partition coefficient (Wildman–Crippen LogP) is 3.36. The second kappa shape index (κ2) is 9.89. The number of para-hydroxylation sites is 1. The van der Waals surface area contributed by atoms with Crippen molar-refractivity contribution in [3.63, 3.8) is 0 Å². The number of carbonyl (C=O) groups excluding carboxylic acids is 1. The quantitative estimate of drug-likeness (QED) is 0.485. The number of fused-ring (bicyclic) bond motifs is 1. The number of piperazine rings is 1. The second-order valence-corrected chi connectivity index (χ2v) is 8.53. The summed E-state index contributed by atoms with van der Waals surface area (Å²) in [4.78, 5) is 29.5. The molecule has 0 spiro atoms. The maximum absolute atomic E-state index is 12.6. The highest BCUT2D eigenvalue weighted by molar-refractivity contribution is 5.91. The molecule has 2 heterocycles. The number of benzene rings is 3. The molecular formula is C27H27N5O2. The Hall–Kier alpha value is -3.97. The van der Waals surface area contributed by atoms with Gasteiger partial charge in [0, 0.05) is 49.5 Å². The Morgan fingerprint density at radius 2 is 1.56 bits per heavy atom. The van der Waals surface area contributed by atoms with E-state index < -0.39 is 0 Å². The van der Waals surface area contributed by atoms with Crippen LogP contribution in [0, 0.1) is 0 Å². The van der Waals surface area contributed by atoms with E-state index in [9.17, 15) is 9.59 Å². The van der Waals surface area contributed by atoms with Crippen molar-refractivity contribution in [2.75, 3.05) is 36.4 Å². The van der Waals surface area contributed by atoms with Crippen LogP contribution in [0.3, 0.4) is 0 Å². The molecule has 1 aliphatic heterocycles. The van der Waals surface area contributed by atoms with Crippen molar-refractivity contribution in [1.82, 2.24) is 14.7 Å². The van der Waals surface area contributed by atoms with E-state index in [1.54, 1.807) is 22.9 Å². The first kappa shape index (κ1) is 21.9. The average molecular weight is 454 g/mol. The zero-order chi connectivity index (χ0) is 23.3. The van der Waals surface area contributed by atoms with Gasteiger partial charge in [0.2, 0.25) is 11.3 Å². The minimum absolute atomic E-state index is 0.0336. The normalized spacial score (nSPS) is 14.3. The van der Waals surface area contributed by atoms with Gasteiger partial charge in [-0.15, -0.1) is 0 Å². The topological polar surface area (TPSA) is 70.5 Å². The molecule has 0 aliphatic carbocycles. The first-order chi connectivity index (χ1) is 16.7. The molecule has 7 heteroatoms. The van der Waals surface area contributed by atoms with Crippen molar-refractivity contribution in [3.8, 4) is 0 Å². The lowest BCUT2D eigenvalue weighted by atomic mass is 10.2. The lowest BCUT2D eigenvalue weighted by Gasteiger charge is -2.36. The van der Waals surface area contributed by atoms with Crippen molar-refractivity contribution in [3.05, 3.63) is 101 Å². The molecular weight excluding hydrogens is 426 g/mol. The van der Waals surface area contributed by atoms with Gasteiger partial charge in [0.1, 0.15) is 6.54 Å². The van der Waals surface area contributed by atoms with Crippen molar-refractivity contribution in [2.24, 2.45) is 0 Å². The van der Waals surface area contributed by atoms with Crippen LogP contribution in [-0.2, 0) is 17.9 Å². The Morgan fingerprint density at radius 1 is 0.853 bits per heavy atom. The molecule has 1 aliphatic rings. The first-order valence-corrected chi connectivity index (χ1v) is 11.5. The van der Waals surface area contributed by atoms with Gasteiger partial charge in [-0.3, -0.25) is 19.2 Å². The predicted molar refractivity (Wildman–Crippen MR) is 135 cm³/mol. The molecule has 4 aromatic rings. The zero-order valence-electron chi connectivity index (χ0n) is 18.9. The lowest BCUT2D eigenvalue weighted by molar-refractivity contribution is -0.116. The van der Waals surface area contributed by atoms with E-state index in [0.29, 0.717) is 10.9 Å². The highest BCUT2D eigenvalue weighted by Crippen LogP contribution is 2.20. The number of rotatable bonds is 6. The molecule has 7 nitrogen and oxygen atoms in total. The van der Waals surface area contributed by atoms with Gasteiger partial charge in [-0.05, 0) is 42.0 Å². The number of anilines is 2. The van der Waals surface area contributed by atoms with E-state index in [-0.39, 0.29) is 17.9 Å². The molecule has 0 saturated carbocycles. The smallest absolute Gasteiger partial charge is 0.246 e. The van der Waals surface area contributed by atoms with Crippen molar-refractivity contribution >= 4 is 28.2 Å².